The van der Waals surface area contributed by atoms with Gasteiger partial charge in [-0.25, -0.2) is 4.39 Å². The van der Waals surface area contributed by atoms with Crippen molar-refractivity contribution in [3.63, 3.8) is 0 Å². The van der Waals surface area contributed by atoms with Crippen molar-refractivity contribution in [3.05, 3.63) is 0 Å². The molecule has 0 unspecified atom stereocenters. The minimum absolute atomic E-state index is 3.25. The molecule has 0 atom stereocenters. The lowest BCUT2D eigenvalue weighted by molar-refractivity contribution is -0.445. The van der Waals surface area contributed by atoms with Gasteiger partial charge in [0.1, 0.15) is 6.61 Å². The van der Waals surface area contributed by atoms with Gasteiger partial charge in [0.25, 0.3) is 0 Å². The number of hydrogen-bond acceptors (Lipinski definition) is 1. The lowest BCUT2D eigenvalue weighted by atomic mass is 9.88. The Hall–Kier alpha value is -0.950. The van der Waals surface area contributed by atoms with Crippen LogP contribution in [-0.4, -0.2) is 47.5 Å². The molecule has 0 aromatic carbocycles. The maximum absolute atomic E-state index is 12.9. The van der Waals surface area contributed by atoms with Gasteiger partial charge in [-0.1, -0.05) is 0 Å². The molecule has 0 aromatic rings. The van der Waals surface area contributed by atoms with Gasteiger partial charge in [0.2, 0.25) is 0 Å². The van der Waals surface area contributed by atoms with Crippen LogP contribution in [0, 0.1) is 0 Å². The van der Waals surface area contributed by atoms with E-state index < -0.39 is 42.4 Å². The Morgan fingerprint density at radius 3 is 1.00 bits per heavy atom. The van der Waals surface area contributed by atoms with Crippen LogP contribution in [0.25, 0.3) is 0 Å². The molecule has 0 amide bonds. The van der Waals surface area contributed by atoms with Crippen LogP contribution in [0.2, 0.25) is 0 Å². The molecule has 0 rings (SSSR count). The van der Waals surface area contributed by atoms with Crippen LogP contribution in [0.5, 0.6) is 0 Å². The Bertz CT molecular complexity index is 363. The molecule has 0 heterocycles. The molecule has 0 saturated carbocycles. The van der Waals surface area contributed by atoms with Crippen LogP contribution in [0.4, 0.5) is 57.1 Å². The zero-order valence-corrected chi connectivity index (χ0v) is 9.07. The Labute approximate surface area is 106 Å². The molecule has 0 fully saturated rings. The lowest BCUT2D eigenvalue weighted by Crippen LogP contribution is -2.73. The summed E-state index contributed by atoms with van der Waals surface area (Å²) in [6.45, 7) is -3.25. The van der Waals surface area contributed by atoms with Gasteiger partial charge >= 0.3 is 35.8 Å². The average Bonchev–Trinajstić information content (AvgIpc) is 2.23. The van der Waals surface area contributed by atoms with Crippen molar-refractivity contribution < 1.29 is 62.2 Å². The molecule has 0 spiro atoms. The highest BCUT2D eigenvalue weighted by atomic mass is 19.4. The molecule has 128 valence electrons. The van der Waals surface area contributed by atoms with Crippen LogP contribution in [0.15, 0.2) is 0 Å². The van der Waals surface area contributed by atoms with Gasteiger partial charge in [-0.05, 0) is 0 Å². The summed E-state index contributed by atoms with van der Waals surface area (Å²) >= 11 is 0. The Balaban J connectivity index is 6.42. The van der Waals surface area contributed by atoms with E-state index in [4.69, 9.17) is 5.11 Å². The summed E-state index contributed by atoms with van der Waals surface area (Å²) < 4.78 is 160. The normalized spacial score (nSPS) is 16.3. The number of aliphatic hydroxyl groups excluding tert-OH is 1. The summed E-state index contributed by atoms with van der Waals surface area (Å²) in [6.07, 6.45) is -15.4. The van der Waals surface area contributed by atoms with Gasteiger partial charge in [0.15, 0.2) is 0 Å². The zero-order valence-electron chi connectivity index (χ0n) is 9.07. The topological polar surface area (TPSA) is 20.2 Å². The van der Waals surface area contributed by atoms with E-state index in [-0.39, 0.29) is 0 Å². The van der Waals surface area contributed by atoms with E-state index >= 15 is 0 Å². The van der Waals surface area contributed by atoms with Gasteiger partial charge in [0, 0.05) is 0 Å². The quantitative estimate of drug-likeness (QED) is 0.767. The third kappa shape index (κ3) is 2.50. The van der Waals surface area contributed by atoms with E-state index in [2.05, 4.69) is 0 Å². The van der Waals surface area contributed by atoms with Crippen molar-refractivity contribution in [2.45, 2.75) is 35.8 Å². The van der Waals surface area contributed by atoms with E-state index in [1.54, 1.807) is 0 Å². The van der Waals surface area contributed by atoms with Crippen LogP contribution < -0.4 is 0 Å². The second-order valence-electron chi connectivity index (χ2n) is 3.67. The Morgan fingerprint density at radius 1 is 0.524 bits per heavy atom. The first-order chi connectivity index (χ1) is 8.81. The SMILES string of the molecule is OCC(F)(F)C(F)(F)C(F)(F)C(F)(C(F)(F)F)C(F)(F)F. The van der Waals surface area contributed by atoms with Crippen molar-refractivity contribution in [2.24, 2.45) is 0 Å². The molecular formula is C7H3F13O. The van der Waals surface area contributed by atoms with E-state index in [0.29, 0.717) is 0 Å². The zero-order chi connectivity index (χ0) is 17.7. The van der Waals surface area contributed by atoms with E-state index in [1.807, 2.05) is 0 Å². The van der Waals surface area contributed by atoms with Crippen molar-refractivity contribution in [1.82, 2.24) is 0 Å². The second kappa shape index (κ2) is 4.78. The third-order valence-electron chi connectivity index (χ3n) is 2.27. The molecule has 0 aliphatic rings. The predicted molar refractivity (Wildman–Crippen MR) is 37.9 cm³/mol. The molecule has 0 aromatic heterocycles. The highest BCUT2D eigenvalue weighted by Gasteiger charge is 2.93. The first kappa shape index (κ1) is 20.1. The van der Waals surface area contributed by atoms with Crippen molar-refractivity contribution in [1.29, 1.82) is 0 Å². The smallest absolute Gasteiger partial charge is 0.390 e. The summed E-state index contributed by atoms with van der Waals surface area (Å²) in [5.41, 5.74) is -7.96. The lowest BCUT2D eigenvalue weighted by Gasteiger charge is -2.41. The molecule has 0 saturated heterocycles. The van der Waals surface area contributed by atoms with Crippen LogP contribution in [0.3, 0.4) is 0 Å². The first-order valence-electron chi connectivity index (χ1n) is 4.38. The van der Waals surface area contributed by atoms with Crippen molar-refractivity contribution in [2.75, 3.05) is 6.61 Å². The number of hydrogen-bond donors (Lipinski definition) is 1. The summed E-state index contributed by atoms with van der Waals surface area (Å²) in [5.74, 6) is -21.9. The van der Waals surface area contributed by atoms with Gasteiger partial charge in [-0.2, -0.15) is 52.7 Å². The van der Waals surface area contributed by atoms with Crippen LogP contribution in [0.1, 0.15) is 0 Å². The Kier molecular flexibility index (Phi) is 4.56. The van der Waals surface area contributed by atoms with Gasteiger partial charge in [-0.3, -0.25) is 0 Å². The Morgan fingerprint density at radius 2 is 0.810 bits per heavy atom. The number of halogens is 13. The largest absolute Gasteiger partial charge is 0.438 e. The standard InChI is InChI=1S/C7H3F13O/c8-2(9,1-21)4(11,12)5(13,14)3(10,6(15,16)17)7(18,19)20/h21H,1H2. The molecule has 14 heteroatoms. The molecule has 0 aliphatic heterocycles. The molecule has 0 aliphatic carbocycles. The van der Waals surface area contributed by atoms with Crippen LogP contribution in [-0.2, 0) is 0 Å². The monoisotopic (exact) mass is 350 g/mol. The van der Waals surface area contributed by atoms with E-state index in [1.165, 1.54) is 0 Å². The molecule has 1 N–H and O–H groups in total. The second-order valence-corrected chi connectivity index (χ2v) is 3.67. The molecule has 1 nitrogen and oxygen atoms in total. The fourth-order valence-corrected chi connectivity index (χ4v) is 1.06. The molecule has 0 bridgehead atoms. The van der Waals surface area contributed by atoms with Crippen molar-refractivity contribution >= 4 is 0 Å². The number of aliphatic hydroxyl groups is 1. The highest BCUT2D eigenvalue weighted by molar-refractivity contribution is 5.14. The summed E-state index contributed by atoms with van der Waals surface area (Å²) in [7, 11) is 0. The maximum Gasteiger partial charge on any atom is 0.438 e. The fraction of sp³-hybridized carbons (Fsp3) is 1.00. The summed E-state index contributed by atoms with van der Waals surface area (Å²) in [6, 6.07) is 0. The number of alkyl halides is 13. The molecular weight excluding hydrogens is 347 g/mol. The highest BCUT2D eigenvalue weighted by Crippen LogP contribution is 2.61. The van der Waals surface area contributed by atoms with Crippen molar-refractivity contribution in [3.8, 4) is 0 Å². The van der Waals surface area contributed by atoms with Gasteiger partial charge in [0.05, 0.1) is 0 Å². The minimum atomic E-state index is -7.96. The van der Waals surface area contributed by atoms with E-state index in [0.717, 1.165) is 0 Å². The fourth-order valence-electron chi connectivity index (χ4n) is 1.06. The molecule has 21 heavy (non-hydrogen) atoms. The van der Waals surface area contributed by atoms with E-state index in [9.17, 15) is 57.1 Å². The molecule has 0 radical (unpaired) electrons. The average molecular weight is 350 g/mol. The summed E-state index contributed by atoms with van der Waals surface area (Å²) in [5, 5.41) is 7.72. The first-order valence-corrected chi connectivity index (χ1v) is 4.38. The third-order valence-corrected chi connectivity index (χ3v) is 2.27. The van der Waals surface area contributed by atoms with Gasteiger partial charge < -0.3 is 5.11 Å². The van der Waals surface area contributed by atoms with Crippen LogP contribution >= 0.6 is 0 Å². The minimum Gasteiger partial charge on any atom is -0.390 e. The number of rotatable bonds is 4. The predicted octanol–water partition coefficient (Wildman–Crippen LogP) is 3.72. The maximum atomic E-state index is 12.9. The van der Waals surface area contributed by atoms with Gasteiger partial charge in [-0.15, -0.1) is 0 Å². The summed E-state index contributed by atoms with van der Waals surface area (Å²) in [4.78, 5) is 0.